The Balaban J connectivity index is 1.84. The predicted octanol–water partition coefficient (Wildman–Crippen LogP) is 4.92. The van der Waals surface area contributed by atoms with E-state index in [1.165, 1.54) is 11.8 Å². The average Bonchev–Trinajstić information content (AvgIpc) is 2.93. The van der Waals surface area contributed by atoms with Crippen molar-refractivity contribution in [3.05, 3.63) is 76.4 Å². The zero-order chi connectivity index (χ0) is 17.6. The summed E-state index contributed by atoms with van der Waals surface area (Å²) >= 11 is 7.40. The zero-order valence-corrected chi connectivity index (χ0v) is 15.2. The molecule has 1 amide bonds. The molecule has 0 N–H and O–H groups in total. The number of rotatable bonds is 4. The van der Waals surface area contributed by atoms with Gasteiger partial charge in [-0.05, 0) is 42.5 Å². The van der Waals surface area contributed by atoms with Gasteiger partial charge in [0.25, 0.3) is 5.91 Å². The summed E-state index contributed by atoms with van der Waals surface area (Å²) in [5, 5.41) is 0.933. The standard InChI is InChI=1S/C19H16ClN3OS/c1-2-23-18(24)16(12-6-10-14-8-4-3-5-9-14)25-19(23)22-15-11-7-13-21-17(15)20/h3-13H,2H2,1H3/b10-6+,16-12-,22-19?. The van der Waals surface area contributed by atoms with Crippen LogP contribution in [0.5, 0.6) is 0 Å². The predicted molar refractivity (Wildman–Crippen MR) is 105 cm³/mol. The Morgan fingerprint density at radius 3 is 2.76 bits per heavy atom. The van der Waals surface area contributed by atoms with Crippen LogP contribution in [0.15, 0.2) is 70.7 Å². The molecular formula is C19H16ClN3OS. The van der Waals surface area contributed by atoms with Crippen molar-refractivity contribution in [3.8, 4) is 0 Å². The van der Waals surface area contributed by atoms with E-state index in [1.807, 2.05) is 55.5 Å². The lowest BCUT2D eigenvalue weighted by molar-refractivity contribution is -0.122. The Morgan fingerprint density at radius 1 is 1.24 bits per heavy atom. The maximum atomic E-state index is 12.5. The topological polar surface area (TPSA) is 45.6 Å². The number of carbonyl (C=O) groups is 1. The number of benzene rings is 1. The van der Waals surface area contributed by atoms with E-state index in [2.05, 4.69) is 9.98 Å². The molecule has 0 radical (unpaired) electrons. The van der Waals surface area contributed by atoms with Crippen LogP contribution >= 0.6 is 23.4 Å². The molecule has 0 saturated carbocycles. The third-order valence-corrected chi connectivity index (χ3v) is 4.81. The van der Waals surface area contributed by atoms with Gasteiger partial charge in [-0.25, -0.2) is 9.98 Å². The van der Waals surface area contributed by atoms with Gasteiger partial charge in [-0.2, -0.15) is 0 Å². The summed E-state index contributed by atoms with van der Waals surface area (Å²) in [6, 6.07) is 13.5. The highest BCUT2D eigenvalue weighted by atomic mass is 35.5. The molecule has 1 saturated heterocycles. The fourth-order valence-electron chi connectivity index (χ4n) is 2.26. The minimum absolute atomic E-state index is 0.0519. The first kappa shape index (κ1) is 17.5. The van der Waals surface area contributed by atoms with Crippen molar-refractivity contribution in [2.45, 2.75) is 6.92 Å². The Bertz CT molecular complexity index is 862. The van der Waals surface area contributed by atoms with Gasteiger partial charge in [-0.15, -0.1) is 0 Å². The normalized spacial score (nSPS) is 18.0. The Morgan fingerprint density at radius 2 is 2.04 bits per heavy atom. The van der Waals surface area contributed by atoms with Crippen molar-refractivity contribution >= 4 is 46.2 Å². The molecule has 1 aliphatic rings. The summed E-state index contributed by atoms with van der Waals surface area (Å²) in [5.41, 5.74) is 1.64. The van der Waals surface area contributed by atoms with E-state index in [0.717, 1.165) is 5.56 Å². The van der Waals surface area contributed by atoms with Gasteiger partial charge in [-0.1, -0.05) is 54.1 Å². The number of pyridine rings is 1. The molecule has 4 nitrogen and oxygen atoms in total. The number of aliphatic imine (C=N–C) groups is 1. The molecule has 0 spiro atoms. The molecule has 126 valence electrons. The van der Waals surface area contributed by atoms with Crippen LogP contribution in [0.3, 0.4) is 0 Å². The lowest BCUT2D eigenvalue weighted by Gasteiger charge is -2.12. The molecule has 1 aromatic heterocycles. The van der Waals surface area contributed by atoms with Gasteiger partial charge >= 0.3 is 0 Å². The smallest absolute Gasteiger partial charge is 0.266 e. The summed E-state index contributed by atoms with van der Waals surface area (Å²) in [6.45, 7) is 2.46. The number of nitrogens with zero attached hydrogens (tertiary/aromatic N) is 3. The molecule has 2 heterocycles. The summed E-state index contributed by atoms with van der Waals surface area (Å²) < 4.78 is 0. The first-order chi connectivity index (χ1) is 12.2. The molecule has 0 atom stereocenters. The molecule has 1 fully saturated rings. The van der Waals surface area contributed by atoms with E-state index in [9.17, 15) is 4.79 Å². The summed E-state index contributed by atoms with van der Waals surface area (Å²) in [7, 11) is 0. The monoisotopic (exact) mass is 369 g/mol. The minimum atomic E-state index is -0.0519. The first-order valence-electron chi connectivity index (χ1n) is 7.81. The Kier molecular flexibility index (Phi) is 5.68. The zero-order valence-electron chi connectivity index (χ0n) is 13.6. The van der Waals surface area contributed by atoms with Gasteiger partial charge in [0, 0.05) is 12.7 Å². The van der Waals surface area contributed by atoms with Crippen LogP contribution in [0, 0.1) is 0 Å². The summed E-state index contributed by atoms with van der Waals surface area (Å²) in [6.07, 6.45) is 7.26. The van der Waals surface area contributed by atoms with Crippen molar-refractivity contribution in [1.82, 2.24) is 9.88 Å². The molecule has 6 heteroatoms. The van der Waals surface area contributed by atoms with Crippen molar-refractivity contribution in [3.63, 3.8) is 0 Å². The molecule has 2 aromatic rings. The van der Waals surface area contributed by atoms with Crippen molar-refractivity contribution < 1.29 is 4.79 Å². The Hall–Kier alpha value is -2.37. The summed E-state index contributed by atoms with van der Waals surface area (Å²) in [4.78, 5) is 23.3. The van der Waals surface area contributed by atoms with E-state index in [-0.39, 0.29) is 5.91 Å². The SMILES string of the molecule is CCN1C(=O)/C(=C/C=C/c2ccccc2)SC1=Nc1cccnc1Cl. The molecule has 1 aromatic carbocycles. The van der Waals surface area contributed by atoms with Crippen LogP contribution in [-0.4, -0.2) is 27.5 Å². The molecular weight excluding hydrogens is 354 g/mol. The van der Waals surface area contributed by atoms with Gasteiger partial charge in [-0.3, -0.25) is 9.69 Å². The van der Waals surface area contributed by atoms with E-state index in [1.54, 1.807) is 23.2 Å². The molecule has 0 aliphatic carbocycles. The number of allylic oxidation sites excluding steroid dienone is 2. The van der Waals surface area contributed by atoms with Crippen LogP contribution in [0.4, 0.5) is 5.69 Å². The largest absolute Gasteiger partial charge is 0.287 e. The second-order valence-electron chi connectivity index (χ2n) is 5.16. The summed E-state index contributed by atoms with van der Waals surface area (Å²) in [5.74, 6) is -0.0519. The third-order valence-electron chi connectivity index (χ3n) is 3.50. The number of amidine groups is 1. The van der Waals surface area contributed by atoms with Gasteiger partial charge in [0.1, 0.15) is 5.69 Å². The average molecular weight is 370 g/mol. The maximum Gasteiger partial charge on any atom is 0.266 e. The minimum Gasteiger partial charge on any atom is -0.287 e. The number of hydrogen-bond acceptors (Lipinski definition) is 4. The molecule has 0 unspecified atom stereocenters. The quantitative estimate of drug-likeness (QED) is 0.568. The number of hydrogen-bond donors (Lipinski definition) is 0. The van der Waals surface area contributed by atoms with Crippen molar-refractivity contribution in [2.75, 3.05) is 6.54 Å². The van der Waals surface area contributed by atoms with Crippen molar-refractivity contribution in [1.29, 1.82) is 0 Å². The third kappa shape index (κ3) is 4.18. The van der Waals surface area contributed by atoms with Crippen LogP contribution < -0.4 is 0 Å². The second-order valence-corrected chi connectivity index (χ2v) is 6.53. The van der Waals surface area contributed by atoms with Crippen LogP contribution in [0.2, 0.25) is 5.15 Å². The maximum absolute atomic E-state index is 12.5. The van der Waals surface area contributed by atoms with Crippen LogP contribution in [0.1, 0.15) is 12.5 Å². The lowest BCUT2D eigenvalue weighted by Crippen LogP contribution is -2.28. The van der Waals surface area contributed by atoms with E-state index in [0.29, 0.717) is 27.5 Å². The number of thioether (sulfide) groups is 1. The van der Waals surface area contributed by atoms with E-state index < -0.39 is 0 Å². The molecule has 25 heavy (non-hydrogen) atoms. The molecule has 1 aliphatic heterocycles. The number of halogens is 1. The van der Waals surface area contributed by atoms with Crippen LogP contribution in [0.25, 0.3) is 6.08 Å². The lowest BCUT2D eigenvalue weighted by atomic mass is 10.2. The molecule has 0 bridgehead atoms. The Labute approximate surface area is 155 Å². The number of aromatic nitrogens is 1. The fourth-order valence-corrected chi connectivity index (χ4v) is 3.43. The van der Waals surface area contributed by atoms with Gasteiger partial charge in [0.05, 0.1) is 4.91 Å². The number of carbonyl (C=O) groups excluding carboxylic acids is 1. The van der Waals surface area contributed by atoms with Gasteiger partial charge < -0.3 is 0 Å². The van der Waals surface area contributed by atoms with Crippen LogP contribution in [-0.2, 0) is 4.79 Å². The fraction of sp³-hybridized carbons (Fsp3) is 0.105. The second kappa shape index (κ2) is 8.14. The highest BCUT2D eigenvalue weighted by molar-refractivity contribution is 8.18. The highest BCUT2D eigenvalue weighted by Crippen LogP contribution is 2.33. The number of amides is 1. The molecule has 3 rings (SSSR count). The van der Waals surface area contributed by atoms with Gasteiger partial charge in [0.15, 0.2) is 10.3 Å². The first-order valence-corrected chi connectivity index (χ1v) is 9.01. The van der Waals surface area contributed by atoms with E-state index in [4.69, 9.17) is 11.6 Å². The van der Waals surface area contributed by atoms with Crippen molar-refractivity contribution in [2.24, 2.45) is 4.99 Å². The van der Waals surface area contributed by atoms with Gasteiger partial charge in [0.2, 0.25) is 0 Å². The number of likely N-dealkylation sites (N-methyl/N-ethyl adjacent to an activating group) is 1. The van der Waals surface area contributed by atoms with E-state index >= 15 is 0 Å². The highest BCUT2D eigenvalue weighted by Gasteiger charge is 2.31.